The van der Waals surface area contributed by atoms with Crippen LogP contribution in [0.4, 0.5) is 0 Å². The van der Waals surface area contributed by atoms with E-state index in [0.29, 0.717) is 124 Å². The highest BCUT2D eigenvalue weighted by Crippen LogP contribution is 2.13. The van der Waals surface area contributed by atoms with E-state index in [2.05, 4.69) is 37.1 Å². The summed E-state index contributed by atoms with van der Waals surface area (Å²) in [6.07, 6.45) is 5.28. The lowest BCUT2D eigenvalue weighted by atomic mass is 10.2. The van der Waals surface area contributed by atoms with E-state index in [1.165, 1.54) is 6.42 Å². The number of ether oxygens (including phenoxy) is 14. The van der Waals surface area contributed by atoms with Crippen molar-refractivity contribution in [2.45, 2.75) is 66.1 Å². The molecule has 1 heterocycles. The molecular weight excluding hydrogens is 880 g/mol. The number of hydrogen-bond donors (Lipinski definition) is 3. The van der Waals surface area contributed by atoms with Gasteiger partial charge in [-0.1, -0.05) is 29.8 Å². The van der Waals surface area contributed by atoms with Gasteiger partial charge in [0.15, 0.2) is 6.29 Å². The van der Waals surface area contributed by atoms with Crippen molar-refractivity contribution in [1.29, 1.82) is 0 Å². The maximum Gasteiger partial charge on any atom is 0.332 e. The molecule has 0 bridgehead atoms. The number of carboxylic acid groups (broad SMARTS) is 1. The van der Waals surface area contributed by atoms with Crippen LogP contribution in [0, 0.1) is 0 Å². The van der Waals surface area contributed by atoms with Gasteiger partial charge in [-0.15, -0.1) is 0 Å². The molecule has 0 radical (unpaired) electrons. The Hall–Kier alpha value is -1.67. The number of alkyl halides is 1. The van der Waals surface area contributed by atoms with Gasteiger partial charge in [0.05, 0.1) is 132 Å². The van der Waals surface area contributed by atoms with E-state index in [4.69, 9.17) is 67.4 Å². The highest BCUT2D eigenvalue weighted by molar-refractivity contribution is 9.09. The Morgan fingerprint density at radius 2 is 0.951 bits per heavy atom. The number of methoxy groups -OCH3 is 1. The van der Waals surface area contributed by atoms with Crippen LogP contribution in [-0.4, -0.2) is 217 Å². The molecule has 1 aliphatic heterocycles. The van der Waals surface area contributed by atoms with Crippen LogP contribution < -0.4 is 0 Å². The molecule has 1 unspecified atom stereocenters. The Kier molecular flexibility index (Phi) is 67.7. The quantitative estimate of drug-likeness (QED) is 0.0461. The molecule has 61 heavy (non-hydrogen) atoms. The van der Waals surface area contributed by atoms with Crippen LogP contribution in [0.25, 0.3) is 0 Å². The fraction of sp³-hybridized carbons (Fsp3) is 0.925. The number of esters is 2. The maximum absolute atomic E-state index is 10.8. The zero-order chi connectivity index (χ0) is 46.1. The molecule has 21 heteroatoms. The molecule has 0 aromatic carbocycles. The van der Waals surface area contributed by atoms with Crippen molar-refractivity contribution >= 4 is 33.8 Å². The van der Waals surface area contributed by atoms with E-state index in [0.717, 1.165) is 45.5 Å². The summed E-state index contributed by atoms with van der Waals surface area (Å²) < 4.78 is 70.5. The normalized spacial score (nSPS) is 12.9. The fourth-order valence-electron chi connectivity index (χ4n) is 3.66. The van der Waals surface area contributed by atoms with E-state index in [-0.39, 0.29) is 44.7 Å². The SMILES string of the molecule is CCCOCCOCCOCC(=O)O.CCCOCCOCCOCC(=O)OCC.CCOC(=O)CBr.COCCOCCO.OCCOCCOCCOC1CCCCO1. The van der Waals surface area contributed by atoms with Crippen LogP contribution in [0.15, 0.2) is 0 Å². The number of rotatable bonds is 37. The molecule has 1 atom stereocenters. The van der Waals surface area contributed by atoms with Crippen molar-refractivity contribution in [3.8, 4) is 0 Å². The van der Waals surface area contributed by atoms with E-state index < -0.39 is 5.97 Å². The van der Waals surface area contributed by atoms with E-state index in [1.54, 1.807) is 21.0 Å². The molecule has 0 amide bonds. The molecule has 0 aromatic rings. The first-order valence-electron chi connectivity index (χ1n) is 21.0. The molecule has 1 rings (SSSR count). The van der Waals surface area contributed by atoms with E-state index in [9.17, 15) is 14.4 Å². The Balaban J connectivity index is -0.000000344. The number of carbonyl (C=O) groups excluding carboxylic acids is 2. The molecule has 3 N–H and O–H groups in total. The number of carboxylic acids is 1. The summed E-state index contributed by atoms with van der Waals surface area (Å²) in [5, 5.41) is 25.2. The molecule has 0 aliphatic carbocycles. The second-order valence-corrected chi connectivity index (χ2v) is 12.2. The van der Waals surface area contributed by atoms with Crippen molar-refractivity contribution in [2.24, 2.45) is 0 Å². The highest BCUT2D eigenvalue weighted by atomic mass is 79.9. The van der Waals surface area contributed by atoms with Gasteiger partial charge >= 0.3 is 17.9 Å². The Morgan fingerprint density at radius 3 is 1.33 bits per heavy atom. The molecule has 1 saturated heterocycles. The standard InChI is InChI=1S/2C11H22O5.C9H18O5.C5H12O3.C4H7BrO2/c12-4-6-13-7-8-14-9-10-16-11-3-1-2-5-15-11;1-3-5-13-6-7-14-8-9-15-10-11(12)16-4-2;1-2-3-12-4-5-13-6-7-14-8-9(10)11;1-7-4-5-8-3-2-6;1-2-7-4(6)3-5/h11-12H,1-10H2;3-10H2,1-2H3;2-8H2,1H3,(H,10,11);6H,2-5H2,1H3;2-3H2,1H3. The third-order valence-corrected chi connectivity index (χ3v) is 6.75. The average Bonchev–Trinajstić information content (AvgIpc) is 3.26. The monoisotopic (exact) mass is 960 g/mol. The summed E-state index contributed by atoms with van der Waals surface area (Å²) >= 11 is 2.94. The molecule has 0 aromatic heterocycles. The number of aliphatic hydroxyl groups is 2. The van der Waals surface area contributed by atoms with Crippen molar-refractivity contribution in [2.75, 3.05) is 178 Å². The van der Waals surface area contributed by atoms with Gasteiger partial charge < -0.3 is 81.6 Å². The first kappa shape index (κ1) is 65.9. The summed E-state index contributed by atoms with van der Waals surface area (Å²) in [4.78, 5) is 31.0. The minimum atomic E-state index is -0.962. The van der Waals surface area contributed by atoms with Gasteiger partial charge in [0.25, 0.3) is 0 Å². The van der Waals surface area contributed by atoms with Crippen molar-refractivity contribution < 1.29 is 96.0 Å². The summed E-state index contributed by atoms with van der Waals surface area (Å²) in [6.45, 7) is 18.6. The summed E-state index contributed by atoms with van der Waals surface area (Å²) in [6, 6.07) is 0. The number of carbonyl (C=O) groups is 3. The summed E-state index contributed by atoms with van der Waals surface area (Å²) in [5.41, 5.74) is 0. The lowest BCUT2D eigenvalue weighted by Gasteiger charge is -2.22. The average molecular weight is 962 g/mol. The maximum atomic E-state index is 10.8. The van der Waals surface area contributed by atoms with Crippen LogP contribution >= 0.6 is 15.9 Å². The predicted molar refractivity (Wildman–Crippen MR) is 228 cm³/mol. The smallest absolute Gasteiger partial charge is 0.332 e. The predicted octanol–water partition coefficient (Wildman–Crippen LogP) is 2.68. The van der Waals surface area contributed by atoms with Gasteiger partial charge in [-0.25, -0.2) is 9.59 Å². The fourth-order valence-corrected chi connectivity index (χ4v) is 3.82. The van der Waals surface area contributed by atoms with Gasteiger partial charge in [-0.3, -0.25) is 4.79 Å². The highest BCUT2D eigenvalue weighted by Gasteiger charge is 2.13. The second-order valence-electron chi connectivity index (χ2n) is 11.6. The first-order chi connectivity index (χ1) is 29.7. The van der Waals surface area contributed by atoms with Gasteiger partial charge in [0.2, 0.25) is 0 Å². The minimum Gasteiger partial charge on any atom is -0.480 e. The largest absolute Gasteiger partial charge is 0.480 e. The Labute approximate surface area is 372 Å². The molecule has 20 nitrogen and oxygen atoms in total. The van der Waals surface area contributed by atoms with Crippen LogP contribution in [0.1, 0.15) is 59.8 Å². The van der Waals surface area contributed by atoms with Crippen molar-refractivity contribution in [1.82, 2.24) is 0 Å². The molecule has 368 valence electrons. The Morgan fingerprint density at radius 1 is 0.541 bits per heavy atom. The summed E-state index contributed by atoms with van der Waals surface area (Å²) in [7, 11) is 1.61. The zero-order valence-electron chi connectivity index (χ0n) is 37.7. The minimum absolute atomic E-state index is 0.0104. The molecule has 0 saturated carbocycles. The first-order valence-corrected chi connectivity index (χ1v) is 22.1. The number of aliphatic carboxylic acids is 1. The third kappa shape index (κ3) is 70.2. The van der Waals surface area contributed by atoms with Gasteiger partial charge in [-0.05, 0) is 46.0 Å². The van der Waals surface area contributed by atoms with Crippen molar-refractivity contribution in [3.05, 3.63) is 0 Å². The van der Waals surface area contributed by atoms with Crippen LogP contribution in [0.2, 0.25) is 0 Å². The molecule has 1 fully saturated rings. The molecule has 1 aliphatic rings. The number of halogens is 1. The van der Waals surface area contributed by atoms with Crippen molar-refractivity contribution in [3.63, 3.8) is 0 Å². The number of aliphatic hydroxyl groups excluding tert-OH is 2. The molecular formula is C40H81BrO20. The van der Waals surface area contributed by atoms with Gasteiger partial charge in [0.1, 0.15) is 18.5 Å². The van der Waals surface area contributed by atoms with Crippen LogP contribution in [0.3, 0.4) is 0 Å². The third-order valence-electron chi connectivity index (χ3n) is 6.29. The zero-order valence-corrected chi connectivity index (χ0v) is 39.2. The van der Waals surface area contributed by atoms with Gasteiger partial charge in [-0.2, -0.15) is 0 Å². The number of hydrogen-bond acceptors (Lipinski definition) is 19. The van der Waals surface area contributed by atoms with Gasteiger partial charge in [0, 0.05) is 26.9 Å². The lowest BCUT2D eigenvalue weighted by molar-refractivity contribution is -0.169. The Bertz CT molecular complexity index is 836. The molecule has 0 spiro atoms. The van der Waals surface area contributed by atoms with E-state index in [1.807, 2.05) is 6.92 Å². The summed E-state index contributed by atoms with van der Waals surface area (Å²) in [5.74, 6) is -1.51. The topological polar surface area (TPSA) is 241 Å². The lowest BCUT2D eigenvalue weighted by Crippen LogP contribution is -2.24. The van der Waals surface area contributed by atoms with E-state index >= 15 is 0 Å². The van der Waals surface area contributed by atoms with Crippen LogP contribution in [0.5, 0.6) is 0 Å². The second kappa shape index (κ2) is 62.6. The van der Waals surface area contributed by atoms with Crippen LogP contribution in [-0.2, 0) is 80.7 Å².